The van der Waals surface area contributed by atoms with E-state index in [0.717, 1.165) is 6.54 Å². The topological polar surface area (TPSA) is 56.8 Å². The fraction of sp³-hybridized carbons (Fsp3) is 0.462. The molecule has 0 aliphatic heterocycles. The van der Waals surface area contributed by atoms with E-state index in [1.807, 2.05) is 7.05 Å². The van der Waals surface area contributed by atoms with Crippen molar-refractivity contribution in [3.63, 3.8) is 0 Å². The molecule has 0 aliphatic carbocycles. The molecule has 1 N–H and O–H groups in total. The second-order valence-corrected chi connectivity index (χ2v) is 4.13. The standard InChI is InChI=1S/C13H18ClNO4/c1-15-5-6-18-7-8-19-12-4-3-10(14)9-11(12)13(16)17-2/h3-4,9,15H,5-8H2,1-2H3. The van der Waals surface area contributed by atoms with Crippen molar-refractivity contribution < 1.29 is 19.0 Å². The summed E-state index contributed by atoms with van der Waals surface area (Å²) in [5.41, 5.74) is 0.310. The molecule has 1 aromatic rings. The normalized spacial score (nSPS) is 10.3. The lowest BCUT2D eigenvalue weighted by atomic mass is 10.2. The average Bonchev–Trinajstić information content (AvgIpc) is 2.43. The number of halogens is 1. The molecule has 1 aromatic carbocycles. The van der Waals surface area contributed by atoms with E-state index in [1.54, 1.807) is 12.1 Å². The van der Waals surface area contributed by atoms with Gasteiger partial charge in [0.1, 0.15) is 17.9 Å². The average molecular weight is 288 g/mol. The molecule has 0 aliphatic rings. The second kappa shape index (κ2) is 8.74. The molecule has 106 valence electrons. The predicted octanol–water partition coefficient (Wildman–Crippen LogP) is 1.74. The Morgan fingerprint density at radius 2 is 2.11 bits per heavy atom. The Hall–Kier alpha value is -1.30. The van der Waals surface area contributed by atoms with Crippen LogP contribution in [0.3, 0.4) is 0 Å². The Balaban J connectivity index is 2.50. The number of benzene rings is 1. The monoisotopic (exact) mass is 287 g/mol. The summed E-state index contributed by atoms with van der Waals surface area (Å²) in [7, 11) is 3.17. The first-order valence-corrected chi connectivity index (χ1v) is 6.30. The molecular formula is C13H18ClNO4. The SMILES string of the molecule is CNCCOCCOc1ccc(Cl)cc1C(=O)OC. The van der Waals surface area contributed by atoms with E-state index in [9.17, 15) is 4.79 Å². The molecule has 0 fully saturated rings. The van der Waals surface area contributed by atoms with E-state index in [0.29, 0.717) is 36.2 Å². The van der Waals surface area contributed by atoms with Crippen LogP contribution in [0.15, 0.2) is 18.2 Å². The molecule has 0 atom stereocenters. The summed E-state index contributed by atoms with van der Waals surface area (Å²) in [4.78, 5) is 11.6. The lowest BCUT2D eigenvalue weighted by molar-refractivity contribution is 0.0591. The van der Waals surface area contributed by atoms with Gasteiger partial charge in [0.2, 0.25) is 0 Å². The van der Waals surface area contributed by atoms with E-state index in [2.05, 4.69) is 10.1 Å². The third-order valence-corrected chi connectivity index (χ3v) is 2.56. The van der Waals surface area contributed by atoms with Gasteiger partial charge in [-0.25, -0.2) is 4.79 Å². The van der Waals surface area contributed by atoms with Crippen LogP contribution >= 0.6 is 11.6 Å². The maximum absolute atomic E-state index is 11.6. The summed E-state index contributed by atoms with van der Waals surface area (Å²) < 4.78 is 15.5. The third kappa shape index (κ3) is 5.46. The van der Waals surface area contributed by atoms with Crippen molar-refractivity contribution in [3.05, 3.63) is 28.8 Å². The minimum atomic E-state index is -0.478. The zero-order valence-electron chi connectivity index (χ0n) is 11.1. The molecule has 0 aromatic heterocycles. The first-order chi connectivity index (χ1) is 9.19. The van der Waals surface area contributed by atoms with Crippen LogP contribution < -0.4 is 10.1 Å². The number of rotatable bonds is 8. The van der Waals surface area contributed by atoms with Crippen LogP contribution in [0.4, 0.5) is 0 Å². The first-order valence-electron chi connectivity index (χ1n) is 5.92. The fourth-order valence-corrected chi connectivity index (χ4v) is 1.56. The Morgan fingerprint density at radius 3 is 2.79 bits per heavy atom. The molecule has 0 saturated carbocycles. The van der Waals surface area contributed by atoms with Gasteiger partial charge in [-0.05, 0) is 25.2 Å². The third-order valence-electron chi connectivity index (χ3n) is 2.33. The van der Waals surface area contributed by atoms with Crippen LogP contribution in [-0.2, 0) is 9.47 Å². The van der Waals surface area contributed by atoms with Crippen molar-refractivity contribution in [3.8, 4) is 5.75 Å². The molecule has 0 amide bonds. The molecule has 1 rings (SSSR count). The molecule has 6 heteroatoms. The predicted molar refractivity (Wildman–Crippen MR) is 73.0 cm³/mol. The van der Waals surface area contributed by atoms with E-state index in [1.165, 1.54) is 13.2 Å². The molecular weight excluding hydrogens is 270 g/mol. The smallest absolute Gasteiger partial charge is 0.341 e. The highest BCUT2D eigenvalue weighted by molar-refractivity contribution is 6.31. The van der Waals surface area contributed by atoms with Crippen molar-refractivity contribution >= 4 is 17.6 Å². The summed E-state index contributed by atoms with van der Waals surface area (Å²) in [5, 5.41) is 3.43. The largest absolute Gasteiger partial charge is 0.490 e. The van der Waals surface area contributed by atoms with Gasteiger partial charge in [0.05, 0.1) is 20.3 Å². The van der Waals surface area contributed by atoms with Gasteiger partial charge in [-0.3, -0.25) is 0 Å². The van der Waals surface area contributed by atoms with Gasteiger partial charge in [-0.2, -0.15) is 0 Å². The number of esters is 1. The molecule has 0 bridgehead atoms. The summed E-state index contributed by atoms with van der Waals surface area (Å²) in [5.74, 6) is -0.0398. The molecule has 0 saturated heterocycles. The second-order valence-electron chi connectivity index (χ2n) is 3.70. The van der Waals surface area contributed by atoms with Gasteiger partial charge in [0, 0.05) is 11.6 Å². The summed E-state index contributed by atoms with van der Waals surface area (Å²) in [6.07, 6.45) is 0. The number of ether oxygens (including phenoxy) is 3. The van der Waals surface area contributed by atoms with Gasteiger partial charge >= 0.3 is 5.97 Å². The van der Waals surface area contributed by atoms with Gasteiger partial charge in [-0.1, -0.05) is 11.6 Å². The van der Waals surface area contributed by atoms with Crippen LogP contribution in [0.25, 0.3) is 0 Å². The van der Waals surface area contributed by atoms with E-state index < -0.39 is 5.97 Å². The quantitative estimate of drug-likeness (QED) is 0.583. The lowest BCUT2D eigenvalue weighted by Crippen LogP contribution is -2.17. The van der Waals surface area contributed by atoms with E-state index >= 15 is 0 Å². The zero-order valence-corrected chi connectivity index (χ0v) is 11.8. The molecule has 0 unspecified atom stereocenters. The Kier molecular flexibility index (Phi) is 7.25. The highest BCUT2D eigenvalue weighted by atomic mass is 35.5. The summed E-state index contributed by atoms with van der Waals surface area (Å²) in [6, 6.07) is 4.82. The van der Waals surface area contributed by atoms with Crippen molar-refractivity contribution in [1.82, 2.24) is 5.32 Å². The van der Waals surface area contributed by atoms with Gasteiger partial charge in [0.15, 0.2) is 0 Å². The van der Waals surface area contributed by atoms with Crippen molar-refractivity contribution in [2.45, 2.75) is 0 Å². The number of hydrogen-bond donors (Lipinski definition) is 1. The van der Waals surface area contributed by atoms with Crippen LogP contribution in [0.1, 0.15) is 10.4 Å². The van der Waals surface area contributed by atoms with E-state index in [4.69, 9.17) is 21.1 Å². The number of hydrogen-bond acceptors (Lipinski definition) is 5. The van der Waals surface area contributed by atoms with Crippen LogP contribution in [-0.4, -0.2) is 46.5 Å². The molecule has 19 heavy (non-hydrogen) atoms. The highest BCUT2D eigenvalue weighted by Crippen LogP contribution is 2.23. The Labute approximate surface area is 117 Å². The number of likely N-dealkylation sites (N-methyl/N-ethyl adjacent to an activating group) is 1. The molecule has 0 heterocycles. The van der Waals surface area contributed by atoms with Gasteiger partial charge in [0.25, 0.3) is 0 Å². The van der Waals surface area contributed by atoms with Crippen LogP contribution in [0.2, 0.25) is 5.02 Å². The minimum Gasteiger partial charge on any atom is -0.490 e. The minimum absolute atomic E-state index is 0.310. The van der Waals surface area contributed by atoms with Crippen molar-refractivity contribution in [2.75, 3.05) is 40.5 Å². The molecule has 0 radical (unpaired) electrons. The summed E-state index contributed by atoms with van der Waals surface area (Å²) >= 11 is 5.84. The van der Waals surface area contributed by atoms with Crippen LogP contribution in [0, 0.1) is 0 Å². The van der Waals surface area contributed by atoms with Gasteiger partial charge in [-0.15, -0.1) is 0 Å². The number of carbonyl (C=O) groups excluding carboxylic acids is 1. The Morgan fingerprint density at radius 1 is 1.32 bits per heavy atom. The lowest BCUT2D eigenvalue weighted by Gasteiger charge is -2.11. The number of nitrogens with one attached hydrogen (secondary N) is 1. The van der Waals surface area contributed by atoms with Crippen molar-refractivity contribution in [2.24, 2.45) is 0 Å². The fourth-order valence-electron chi connectivity index (χ4n) is 1.38. The maximum Gasteiger partial charge on any atom is 0.341 e. The number of carbonyl (C=O) groups is 1. The maximum atomic E-state index is 11.6. The van der Waals surface area contributed by atoms with Gasteiger partial charge < -0.3 is 19.5 Å². The summed E-state index contributed by atoms with van der Waals surface area (Å²) in [6.45, 7) is 2.21. The first kappa shape index (κ1) is 15.8. The zero-order chi connectivity index (χ0) is 14.1. The highest BCUT2D eigenvalue weighted by Gasteiger charge is 2.13. The molecule has 0 spiro atoms. The Bertz CT molecular complexity index is 412. The molecule has 5 nitrogen and oxygen atoms in total. The van der Waals surface area contributed by atoms with Crippen molar-refractivity contribution in [1.29, 1.82) is 0 Å². The van der Waals surface area contributed by atoms with E-state index in [-0.39, 0.29) is 0 Å². The number of methoxy groups -OCH3 is 1. The van der Waals surface area contributed by atoms with Crippen LogP contribution in [0.5, 0.6) is 5.75 Å².